The van der Waals surface area contributed by atoms with Crippen LogP contribution in [0.15, 0.2) is 12.1 Å². The molecule has 0 saturated carbocycles. The molecule has 1 rings (SSSR count). The van der Waals surface area contributed by atoms with Crippen molar-refractivity contribution in [2.45, 2.75) is 33.2 Å². The predicted octanol–water partition coefficient (Wildman–Crippen LogP) is 2.23. The number of methoxy groups -OCH3 is 1. The lowest BCUT2D eigenvalue weighted by atomic mass is 10.0. The summed E-state index contributed by atoms with van der Waals surface area (Å²) in [5.74, 6) is 0.953. The zero-order valence-corrected chi connectivity index (χ0v) is 13.1. The van der Waals surface area contributed by atoms with Crippen LogP contribution in [0.3, 0.4) is 0 Å². The summed E-state index contributed by atoms with van der Waals surface area (Å²) in [5, 5.41) is 0. The van der Waals surface area contributed by atoms with Gasteiger partial charge < -0.3 is 19.9 Å². The zero-order valence-electron chi connectivity index (χ0n) is 13.1. The summed E-state index contributed by atoms with van der Waals surface area (Å²) in [6, 6.07) is 4.48. The van der Waals surface area contributed by atoms with Crippen molar-refractivity contribution >= 4 is 0 Å². The van der Waals surface area contributed by atoms with Crippen LogP contribution in [-0.4, -0.2) is 39.6 Å². The lowest BCUT2D eigenvalue weighted by Gasteiger charge is -2.15. The fourth-order valence-electron chi connectivity index (χ4n) is 2.20. The molecule has 0 aliphatic heterocycles. The topological polar surface area (TPSA) is 53.7 Å². The van der Waals surface area contributed by atoms with Crippen LogP contribution >= 0.6 is 0 Å². The van der Waals surface area contributed by atoms with Gasteiger partial charge in [-0.3, -0.25) is 0 Å². The molecule has 0 fully saturated rings. The first-order chi connectivity index (χ1) is 9.54. The van der Waals surface area contributed by atoms with Crippen LogP contribution in [0.25, 0.3) is 0 Å². The summed E-state index contributed by atoms with van der Waals surface area (Å²) in [7, 11) is 1.66. The van der Waals surface area contributed by atoms with E-state index in [9.17, 15) is 0 Å². The van der Waals surface area contributed by atoms with Crippen molar-refractivity contribution in [3.05, 3.63) is 28.8 Å². The standard InChI is InChI=1S/C16H27NO3/c1-12-9-15(11-14(3)17)10-13(2)16(12)20-8-7-19-6-5-18-4/h9-10,14H,5-8,11,17H2,1-4H3. The second kappa shape index (κ2) is 8.95. The van der Waals surface area contributed by atoms with Crippen molar-refractivity contribution < 1.29 is 14.2 Å². The predicted molar refractivity (Wildman–Crippen MR) is 81.5 cm³/mol. The second-order valence-corrected chi connectivity index (χ2v) is 5.19. The molecule has 0 spiro atoms. The molecule has 4 heteroatoms. The molecule has 0 radical (unpaired) electrons. The van der Waals surface area contributed by atoms with E-state index in [1.165, 1.54) is 5.56 Å². The van der Waals surface area contributed by atoms with Gasteiger partial charge >= 0.3 is 0 Å². The Morgan fingerprint density at radius 3 is 2.20 bits per heavy atom. The van der Waals surface area contributed by atoms with Crippen LogP contribution in [0.2, 0.25) is 0 Å². The summed E-state index contributed by atoms with van der Waals surface area (Å²) in [6.45, 7) is 8.50. The van der Waals surface area contributed by atoms with Gasteiger partial charge in [-0.05, 0) is 43.9 Å². The summed E-state index contributed by atoms with van der Waals surface area (Å²) in [6.07, 6.45) is 0.891. The molecule has 0 aliphatic carbocycles. The summed E-state index contributed by atoms with van der Waals surface area (Å²) < 4.78 is 16.1. The normalized spacial score (nSPS) is 12.4. The maximum atomic E-state index is 5.84. The van der Waals surface area contributed by atoms with Crippen LogP contribution in [-0.2, 0) is 15.9 Å². The largest absolute Gasteiger partial charge is 0.491 e. The molecule has 0 aliphatic rings. The first-order valence-electron chi connectivity index (χ1n) is 7.09. The monoisotopic (exact) mass is 281 g/mol. The first-order valence-corrected chi connectivity index (χ1v) is 7.09. The van der Waals surface area contributed by atoms with Crippen LogP contribution in [0, 0.1) is 13.8 Å². The Balaban J connectivity index is 2.49. The third-order valence-corrected chi connectivity index (χ3v) is 2.98. The van der Waals surface area contributed by atoms with Gasteiger partial charge in [-0.15, -0.1) is 0 Å². The highest BCUT2D eigenvalue weighted by molar-refractivity contribution is 5.43. The van der Waals surface area contributed by atoms with E-state index < -0.39 is 0 Å². The van der Waals surface area contributed by atoms with E-state index in [0.29, 0.717) is 26.4 Å². The van der Waals surface area contributed by atoms with E-state index in [2.05, 4.69) is 26.0 Å². The molecule has 0 heterocycles. The van der Waals surface area contributed by atoms with Gasteiger partial charge in [0, 0.05) is 13.2 Å². The van der Waals surface area contributed by atoms with Crippen molar-refractivity contribution in [1.82, 2.24) is 0 Å². The minimum absolute atomic E-state index is 0.176. The molecule has 0 aromatic heterocycles. The molecule has 1 aromatic rings. The van der Waals surface area contributed by atoms with Gasteiger partial charge in [0.25, 0.3) is 0 Å². The van der Waals surface area contributed by atoms with Crippen molar-refractivity contribution in [3.63, 3.8) is 0 Å². The molecule has 20 heavy (non-hydrogen) atoms. The summed E-state index contributed by atoms with van der Waals surface area (Å²) >= 11 is 0. The third kappa shape index (κ3) is 5.90. The van der Waals surface area contributed by atoms with Crippen molar-refractivity contribution in [2.75, 3.05) is 33.5 Å². The summed E-state index contributed by atoms with van der Waals surface area (Å²) in [4.78, 5) is 0. The number of hydrogen-bond acceptors (Lipinski definition) is 4. The number of nitrogens with two attached hydrogens (primary N) is 1. The molecule has 1 atom stereocenters. The van der Waals surface area contributed by atoms with E-state index in [0.717, 1.165) is 23.3 Å². The molecule has 114 valence electrons. The summed E-state index contributed by atoms with van der Waals surface area (Å²) in [5.41, 5.74) is 9.41. The molecular weight excluding hydrogens is 254 g/mol. The molecule has 1 unspecified atom stereocenters. The molecule has 0 amide bonds. The SMILES string of the molecule is COCCOCCOc1c(C)cc(CC(C)N)cc1C. The van der Waals surface area contributed by atoms with Crippen molar-refractivity contribution in [1.29, 1.82) is 0 Å². The van der Waals surface area contributed by atoms with Crippen molar-refractivity contribution in [2.24, 2.45) is 5.73 Å². The van der Waals surface area contributed by atoms with Gasteiger partial charge in [-0.25, -0.2) is 0 Å². The van der Waals surface area contributed by atoms with Crippen LogP contribution < -0.4 is 10.5 Å². The smallest absolute Gasteiger partial charge is 0.125 e. The molecule has 0 bridgehead atoms. The fourth-order valence-corrected chi connectivity index (χ4v) is 2.20. The maximum Gasteiger partial charge on any atom is 0.125 e. The maximum absolute atomic E-state index is 5.84. The first kappa shape index (κ1) is 17.0. The lowest BCUT2D eigenvalue weighted by Crippen LogP contribution is -2.18. The van der Waals surface area contributed by atoms with Gasteiger partial charge in [0.2, 0.25) is 0 Å². The van der Waals surface area contributed by atoms with Crippen LogP contribution in [0.1, 0.15) is 23.6 Å². The minimum Gasteiger partial charge on any atom is -0.491 e. The Kier molecular flexibility index (Phi) is 7.59. The average Bonchev–Trinajstić information content (AvgIpc) is 2.35. The van der Waals surface area contributed by atoms with Gasteiger partial charge in [0.1, 0.15) is 12.4 Å². The van der Waals surface area contributed by atoms with E-state index in [1.807, 2.05) is 6.92 Å². The zero-order chi connectivity index (χ0) is 15.0. The highest BCUT2D eigenvalue weighted by Gasteiger charge is 2.07. The number of hydrogen-bond donors (Lipinski definition) is 1. The van der Waals surface area contributed by atoms with E-state index in [-0.39, 0.29) is 6.04 Å². The fraction of sp³-hybridized carbons (Fsp3) is 0.625. The van der Waals surface area contributed by atoms with Gasteiger partial charge in [-0.2, -0.15) is 0 Å². The van der Waals surface area contributed by atoms with E-state index in [4.69, 9.17) is 19.9 Å². The highest BCUT2D eigenvalue weighted by Crippen LogP contribution is 2.25. The lowest BCUT2D eigenvalue weighted by molar-refractivity contribution is 0.0542. The molecule has 2 N–H and O–H groups in total. The second-order valence-electron chi connectivity index (χ2n) is 5.19. The Labute approximate surface area is 122 Å². The number of ether oxygens (including phenoxy) is 3. The molecule has 4 nitrogen and oxygen atoms in total. The third-order valence-electron chi connectivity index (χ3n) is 2.98. The Morgan fingerprint density at radius 2 is 1.65 bits per heavy atom. The van der Waals surface area contributed by atoms with E-state index >= 15 is 0 Å². The van der Waals surface area contributed by atoms with Gasteiger partial charge in [-0.1, -0.05) is 12.1 Å². The molecule has 1 aromatic carbocycles. The quantitative estimate of drug-likeness (QED) is 0.705. The van der Waals surface area contributed by atoms with Gasteiger partial charge in [0.15, 0.2) is 0 Å². The Morgan fingerprint density at radius 1 is 1.05 bits per heavy atom. The van der Waals surface area contributed by atoms with Crippen molar-refractivity contribution in [3.8, 4) is 5.75 Å². The van der Waals surface area contributed by atoms with Gasteiger partial charge in [0.05, 0.1) is 19.8 Å². The van der Waals surface area contributed by atoms with Crippen LogP contribution in [0.4, 0.5) is 0 Å². The van der Waals surface area contributed by atoms with E-state index in [1.54, 1.807) is 7.11 Å². The number of benzene rings is 1. The minimum atomic E-state index is 0.176. The average molecular weight is 281 g/mol. The highest BCUT2D eigenvalue weighted by atomic mass is 16.5. The number of rotatable bonds is 9. The van der Waals surface area contributed by atoms with Crippen LogP contribution in [0.5, 0.6) is 5.75 Å². The molecule has 0 saturated heterocycles. The number of aryl methyl sites for hydroxylation is 2. The Hall–Kier alpha value is -1.10. The molecular formula is C16H27NO3. The Bertz CT molecular complexity index is 382.